The smallest absolute Gasteiger partial charge is 0.236 e. The molecule has 0 saturated carbocycles. The van der Waals surface area contributed by atoms with E-state index in [0.29, 0.717) is 5.13 Å². The molecule has 1 aromatic carbocycles. The summed E-state index contributed by atoms with van der Waals surface area (Å²) in [6.07, 6.45) is 1.00. The van der Waals surface area contributed by atoms with Crippen LogP contribution in [0.2, 0.25) is 0 Å². The highest BCUT2D eigenvalue weighted by molar-refractivity contribution is 9.10. The molecule has 3 aromatic heterocycles. The molecule has 0 radical (unpaired) electrons. The number of carbonyl (C=O) groups excluding carboxylic acids is 1. The number of thioether (sulfide) groups is 1. The lowest BCUT2D eigenvalue weighted by atomic mass is 10.2. The van der Waals surface area contributed by atoms with Crippen LogP contribution in [0.3, 0.4) is 0 Å². The van der Waals surface area contributed by atoms with Crippen molar-refractivity contribution in [2.45, 2.75) is 38.4 Å². The van der Waals surface area contributed by atoms with Crippen molar-refractivity contribution < 1.29 is 4.79 Å². The summed E-state index contributed by atoms with van der Waals surface area (Å²) in [5.41, 5.74) is 2.93. The van der Waals surface area contributed by atoms with Crippen molar-refractivity contribution in [2.75, 3.05) is 11.1 Å². The summed E-state index contributed by atoms with van der Waals surface area (Å²) in [5.74, 6) is 0.968. The van der Waals surface area contributed by atoms with Gasteiger partial charge >= 0.3 is 0 Å². The van der Waals surface area contributed by atoms with Crippen LogP contribution >= 0.6 is 50.4 Å². The zero-order valence-corrected chi connectivity index (χ0v) is 21.9. The van der Waals surface area contributed by atoms with E-state index in [1.807, 2.05) is 29.6 Å². The van der Waals surface area contributed by atoms with Gasteiger partial charge in [-0.25, -0.2) is 4.98 Å². The Hall–Kier alpha value is -2.01. The second-order valence-corrected chi connectivity index (χ2v) is 11.0. The predicted octanol–water partition coefficient (Wildman–Crippen LogP) is 6.77. The number of aryl methyl sites for hydroxylation is 1. The van der Waals surface area contributed by atoms with E-state index in [-0.39, 0.29) is 17.7 Å². The molecule has 0 fully saturated rings. The van der Waals surface area contributed by atoms with E-state index in [2.05, 4.69) is 73.2 Å². The molecule has 32 heavy (non-hydrogen) atoms. The Balaban J connectivity index is 1.41. The molecule has 0 bridgehead atoms. The second-order valence-electron chi connectivity index (χ2n) is 7.31. The molecule has 0 aliphatic carbocycles. The van der Waals surface area contributed by atoms with E-state index in [9.17, 15) is 4.79 Å². The fourth-order valence-electron chi connectivity index (χ4n) is 3.09. The molecule has 0 aliphatic rings. The minimum absolute atomic E-state index is 0.115. The Morgan fingerprint density at radius 3 is 2.62 bits per heavy atom. The Bertz CT molecular complexity index is 1210. The molecule has 3 heterocycles. The number of nitrogens with one attached hydrogen (secondary N) is 1. The van der Waals surface area contributed by atoms with Gasteiger partial charge in [0.1, 0.15) is 0 Å². The lowest BCUT2D eigenvalue weighted by Crippen LogP contribution is -2.15. The van der Waals surface area contributed by atoms with Crippen LogP contribution in [-0.4, -0.2) is 31.4 Å². The summed E-state index contributed by atoms with van der Waals surface area (Å²) in [6.45, 7) is 6.35. The van der Waals surface area contributed by atoms with Crippen LogP contribution in [0.1, 0.15) is 31.7 Å². The highest BCUT2D eigenvalue weighted by Gasteiger charge is 2.19. The average Bonchev–Trinajstić information content (AvgIpc) is 3.51. The van der Waals surface area contributed by atoms with Crippen molar-refractivity contribution in [3.05, 3.63) is 50.4 Å². The number of hydrogen-bond donors (Lipinski definition) is 1. The second kappa shape index (κ2) is 10.3. The first-order chi connectivity index (χ1) is 15.4. The van der Waals surface area contributed by atoms with Gasteiger partial charge in [0.2, 0.25) is 5.91 Å². The lowest BCUT2D eigenvalue weighted by Gasteiger charge is -2.13. The van der Waals surface area contributed by atoms with Gasteiger partial charge in [-0.15, -0.1) is 32.9 Å². The molecule has 4 aromatic rings. The first kappa shape index (κ1) is 23.2. The number of aromatic nitrogens is 4. The van der Waals surface area contributed by atoms with Crippen molar-refractivity contribution in [1.29, 1.82) is 0 Å². The number of nitrogens with zero attached hydrogens (tertiary/aromatic N) is 4. The van der Waals surface area contributed by atoms with Crippen LogP contribution in [0.5, 0.6) is 0 Å². The van der Waals surface area contributed by atoms with Crippen LogP contribution in [0.25, 0.3) is 22.6 Å². The number of thiophene rings is 1. The molecule has 0 unspecified atom stereocenters. The maximum atomic E-state index is 12.5. The maximum absolute atomic E-state index is 12.5. The molecule has 166 valence electrons. The number of amides is 1. The lowest BCUT2D eigenvalue weighted by molar-refractivity contribution is -0.113. The van der Waals surface area contributed by atoms with E-state index in [1.54, 1.807) is 11.3 Å². The first-order valence-electron chi connectivity index (χ1n) is 10.1. The highest BCUT2D eigenvalue weighted by Crippen LogP contribution is 2.31. The molecular formula is C22H22BrN5OS3. The third-order valence-corrected chi connectivity index (χ3v) is 7.97. The van der Waals surface area contributed by atoms with E-state index in [0.717, 1.165) is 38.7 Å². The first-order valence-corrected chi connectivity index (χ1v) is 13.6. The van der Waals surface area contributed by atoms with Gasteiger partial charge in [-0.1, -0.05) is 46.7 Å². The summed E-state index contributed by atoms with van der Waals surface area (Å²) in [7, 11) is 0. The Morgan fingerprint density at radius 2 is 1.94 bits per heavy atom. The van der Waals surface area contributed by atoms with Gasteiger partial charge in [-0.05, 0) is 38.5 Å². The Labute approximate surface area is 207 Å². The number of thiazole rings is 1. The highest BCUT2D eigenvalue weighted by atomic mass is 79.9. The standard InChI is InChI=1S/C22H22BrN5OS3/c1-4-17-9-15(10-30-17)20-26-27-22(28(20)13(2)3)32-12-19(29)25-21-24-18(11-31-21)14-5-7-16(23)8-6-14/h5-11,13H,4,12H2,1-3H3,(H,24,25,29). The fraction of sp³-hybridized carbons (Fsp3) is 0.273. The molecule has 10 heteroatoms. The van der Waals surface area contributed by atoms with Gasteiger partial charge in [0.15, 0.2) is 16.1 Å². The van der Waals surface area contributed by atoms with Gasteiger partial charge in [-0.2, -0.15) is 0 Å². The number of anilines is 1. The zero-order valence-electron chi connectivity index (χ0n) is 17.8. The molecule has 1 N–H and O–H groups in total. The number of hydrogen-bond acceptors (Lipinski definition) is 7. The molecule has 6 nitrogen and oxygen atoms in total. The van der Waals surface area contributed by atoms with Crippen LogP contribution in [0.15, 0.2) is 50.7 Å². The SMILES string of the molecule is CCc1cc(-c2nnc(SCC(=O)Nc3nc(-c4ccc(Br)cc4)cs3)n2C(C)C)cs1. The molecule has 0 aliphatic heterocycles. The van der Waals surface area contributed by atoms with E-state index >= 15 is 0 Å². The quantitative estimate of drug-likeness (QED) is 0.246. The van der Waals surface area contributed by atoms with Crippen molar-refractivity contribution >= 4 is 61.4 Å². The third kappa shape index (κ3) is 5.31. The normalized spacial score (nSPS) is 11.3. The minimum atomic E-state index is -0.115. The van der Waals surface area contributed by atoms with Gasteiger partial charge < -0.3 is 5.32 Å². The van der Waals surface area contributed by atoms with Gasteiger partial charge in [0.25, 0.3) is 0 Å². The number of benzene rings is 1. The third-order valence-electron chi connectivity index (χ3n) is 4.66. The van der Waals surface area contributed by atoms with Crippen molar-refractivity contribution in [3.8, 4) is 22.6 Å². The molecule has 0 atom stereocenters. The largest absolute Gasteiger partial charge is 0.301 e. The van der Waals surface area contributed by atoms with Crippen LogP contribution in [-0.2, 0) is 11.2 Å². The average molecular weight is 549 g/mol. The zero-order chi connectivity index (χ0) is 22.7. The summed E-state index contributed by atoms with van der Waals surface area (Å²) >= 11 is 7.98. The molecular weight excluding hydrogens is 526 g/mol. The van der Waals surface area contributed by atoms with Gasteiger partial charge in [0.05, 0.1) is 11.4 Å². The Kier molecular flexibility index (Phi) is 7.44. The topological polar surface area (TPSA) is 72.7 Å². The van der Waals surface area contributed by atoms with Crippen molar-refractivity contribution in [1.82, 2.24) is 19.7 Å². The monoisotopic (exact) mass is 547 g/mol. The summed E-state index contributed by atoms with van der Waals surface area (Å²) < 4.78 is 3.11. The van der Waals surface area contributed by atoms with Gasteiger partial charge in [0, 0.05) is 37.3 Å². The van der Waals surface area contributed by atoms with Crippen LogP contribution in [0.4, 0.5) is 5.13 Å². The molecule has 4 rings (SSSR count). The van der Waals surface area contributed by atoms with Gasteiger partial charge in [-0.3, -0.25) is 9.36 Å². The van der Waals surface area contributed by atoms with Crippen LogP contribution in [0, 0.1) is 0 Å². The molecule has 1 amide bonds. The summed E-state index contributed by atoms with van der Waals surface area (Å²) in [5, 5.41) is 17.1. The molecule has 0 saturated heterocycles. The maximum Gasteiger partial charge on any atom is 0.236 e. The number of rotatable bonds is 8. The van der Waals surface area contributed by atoms with E-state index in [4.69, 9.17) is 0 Å². The van der Waals surface area contributed by atoms with Crippen molar-refractivity contribution in [2.24, 2.45) is 0 Å². The Morgan fingerprint density at radius 1 is 1.16 bits per heavy atom. The number of carbonyl (C=O) groups is 1. The molecule has 0 spiro atoms. The number of halogens is 1. The summed E-state index contributed by atoms with van der Waals surface area (Å²) in [4.78, 5) is 18.4. The minimum Gasteiger partial charge on any atom is -0.301 e. The predicted molar refractivity (Wildman–Crippen MR) is 138 cm³/mol. The van der Waals surface area contributed by atoms with E-state index < -0.39 is 0 Å². The van der Waals surface area contributed by atoms with E-state index in [1.165, 1.54) is 28.0 Å². The van der Waals surface area contributed by atoms with Crippen molar-refractivity contribution in [3.63, 3.8) is 0 Å². The van der Waals surface area contributed by atoms with Crippen LogP contribution < -0.4 is 5.32 Å². The fourth-order valence-corrected chi connectivity index (χ4v) is 5.77. The summed E-state index contributed by atoms with van der Waals surface area (Å²) in [6, 6.07) is 10.3.